The molecule has 1 aromatic carbocycles. The Labute approximate surface area is 159 Å². The highest BCUT2D eigenvalue weighted by atomic mass is 32.2. The number of carbonyl (C=O) groups is 1. The number of fused-ring (bicyclic) bond motifs is 1. The van der Waals surface area contributed by atoms with Gasteiger partial charge in [0.05, 0.1) is 11.5 Å². The van der Waals surface area contributed by atoms with Gasteiger partial charge in [-0.2, -0.15) is 0 Å². The normalized spacial score (nSPS) is 23.3. The number of anilines is 2. The Kier molecular flexibility index (Phi) is 4.38. The predicted molar refractivity (Wildman–Crippen MR) is 104 cm³/mol. The fourth-order valence-electron chi connectivity index (χ4n) is 3.88. The molecule has 142 valence electrons. The van der Waals surface area contributed by atoms with Crippen LogP contribution in [-0.4, -0.2) is 54.9 Å². The molecule has 1 fully saturated rings. The van der Waals surface area contributed by atoms with Gasteiger partial charge in [-0.1, -0.05) is 18.2 Å². The molecule has 8 heteroatoms. The summed E-state index contributed by atoms with van der Waals surface area (Å²) in [6.45, 7) is 2.02. The molecular formula is C19H22N4O3S. The molecule has 27 heavy (non-hydrogen) atoms. The number of para-hydroxylation sites is 1. The number of carbonyl (C=O) groups excluding carboxylic acids is 1. The number of amides is 1. The van der Waals surface area contributed by atoms with E-state index in [9.17, 15) is 13.2 Å². The molecule has 2 unspecified atom stereocenters. The van der Waals surface area contributed by atoms with Crippen molar-refractivity contribution >= 4 is 27.4 Å². The third kappa shape index (κ3) is 3.29. The fourth-order valence-corrected chi connectivity index (χ4v) is 5.65. The molecule has 3 heterocycles. The Bertz CT molecular complexity index is 992. The first-order valence-corrected chi connectivity index (χ1v) is 10.9. The fraction of sp³-hybridized carbons (Fsp3) is 0.421. The van der Waals surface area contributed by atoms with E-state index in [1.807, 2.05) is 31.2 Å². The SMILES string of the molecule is CC1Cc2ccccc2N1C(=O)c1ccnc(N(C)C2CCS(=O)(=O)C2)n1. The zero-order valence-electron chi connectivity index (χ0n) is 15.4. The summed E-state index contributed by atoms with van der Waals surface area (Å²) in [6, 6.07) is 9.41. The molecular weight excluding hydrogens is 364 g/mol. The standard InChI is InChI=1S/C19H22N4O3S/c1-13-11-14-5-3-4-6-17(14)23(13)18(24)16-7-9-20-19(21-16)22(2)15-8-10-27(25,26)12-15/h3-7,9,13,15H,8,10-12H2,1-2H3. The third-order valence-corrected chi connectivity index (χ3v) is 7.11. The number of aromatic nitrogens is 2. The summed E-state index contributed by atoms with van der Waals surface area (Å²) in [7, 11) is -1.22. The Morgan fingerprint density at radius 3 is 2.78 bits per heavy atom. The smallest absolute Gasteiger partial charge is 0.277 e. The van der Waals surface area contributed by atoms with Crippen molar-refractivity contribution in [2.45, 2.75) is 31.8 Å². The van der Waals surface area contributed by atoms with Gasteiger partial charge in [-0.3, -0.25) is 4.79 Å². The summed E-state index contributed by atoms with van der Waals surface area (Å²) in [5.74, 6) is 0.496. The molecule has 4 rings (SSSR count). The first-order chi connectivity index (χ1) is 12.9. The van der Waals surface area contributed by atoms with E-state index < -0.39 is 9.84 Å². The van der Waals surface area contributed by atoms with Crippen LogP contribution in [0.2, 0.25) is 0 Å². The Hall–Kier alpha value is -2.48. The van der Waals surface area contributed by atoms with Crippen molar-refractivity contribution < 1.29 is 13.2 Å². The Morgan fingerprint density at radius 1 is 1.26 bits per heavy atom. The largest absolute Gasteiger partial charge is 0.340 e. The van der Waals surface area contributed by atoms with Gasteiger partial charge in [-0.15, -0.1) is 0 Å². The quantitative estimate of drug-likeness (QED) is 0.798. The molecule has 1 saturated heterocycles. The van der Waals surface area contributed by atoms with Gasteiger partial charge in [0.1, 0.15) is 5.69 Å². The highest BCUT2D eigenvalue weighted by molar-refractivity contribution is 7.91. The minimum atomic E-state index is -3.00. The maximum Gasteiger partial charge on any atom is 0.277 e. The van der Waals surface area contributed by atoms with Gasteiger partial charge >= 0.3 is 0 Å². The average molecular weight is 386 g/mol. The third-order valence-electron chi connectivity index (χ3n) is 5.36. The van der Waals surface area contributed by atoms with Crippen LogP contribution in [0.4, 0.5) is 11.6 Å². The number of rotatable bonds is 3. The van der Waals surface area contributed by atoms with Gasteiger partial charge in [-0.05, 0) is 37.5 Å². The lowest BCUT2D eigenvalue weighted by Crippen LogP contribution is -2.37. The van der Waals surface area contributed by atoms with Gasteiger partial charge in [0.15, 0.2) is 9.84 Å². The van der Waals surface area contributed by atoms with Crippen molar-refractivity contribution in [3.05, 3.63) is 47.8 Å². The van der Waals surface area contributed by atoms with Crippen molar-refractivity contribution in [2.75, 3.05) is 28.4 Å². The molecule has 0 aliphatic carbocycles. The van der Waals surface area contributed by atoms with E-state index in [4.69, 9.17) is 0 Å². The van der Waals surface area contributed by atoms with E-state index in [1.54, 1.807) is 29.1 Å². The van der Waals surface area contributed by atoms with E-state index in [-0.39, 0.29) is 29.5 Å². The monoisotopic (exact) mass is 386 g/mol. The van der Waals surface area contributed by atoms with Crippen LogP contribution < -0.4 is 9.80 Å². The summed E-state index contributed by atoms with van der Waals surface area (Å²) >= 11 is 0. The van der Waals surface area contributed by atoms with Crippen LogP contribution in [0.25, 0.3) is 0 Å². The first kappa shape index (κ1) is 17.9. The van der Waals surface area contributed by atoms with Crippen LogP contribution in [0, 0.1) is 0 Å². The topological polar surface area (TPSA) is 83.5 Å². The minimum Gasteiger partial charge on any atom is -0.340 e. The summed E-state index contributed by atoms with van der Waals surface area (Å²) in [5, 5.41) is 0. The van der Waals surface area contributed by atoms with Crippen molar-refractivity contribution in [2.24, 2.45) is 0 Å². The maximum absolute atomic E-state index is 13.1. The minimum absolute atomic E-state index is 0.0611. The van der Waals surface area contributed by atoms with Gasteiger partial charge in [0.2, 0.25) is 5.95 Å². The van der Waals surface area contributed by atoms with E-state index in [0.717, 1.165) is 17.7 Å². The molecule has 1 aromatic heterocycles. The number of nitrogens with zero attached hydrogens (tertiary/aromatic N) is 4. The van der Waals surface area contributed by atoms with E-state index in [2.05, 4.69) is 9.97 Å². The molecule has 2 aliphatic heterocycles. The summed E-state index contributed by atoms with van der Waals surface area (Å²) in [5.41, 5.74) is 2.39. The summed E-state index contributed by atoms with van der Waals surface area (Å²) < 4.78 is 23.5. The Morgan fingerprint density at radius 2 is 2.04 bits per heavy atom. The van der Waals surface area contributed by atoms with Gasteiger partial charge in [0.25, 0.3) is 5.91 Å². The van der Waals surface area contributed by atoms with Crippen molar-refractivity contribution in [1.82, 2.24) is 9.97 Å². The highest BCUT2D eigenvalue weighted by Crippen LogP contribution is 2.33. The predicted octanol–water partition coefficient (Wildman–Crippen LogP) is 1.69. The second-order valence-electron chi connectivity index (χ2n) is 7.27. The van der Waals surface area contributed by atoms with Crippen LogP contribution in [0.15, 0.2) is 36.5 Å². The second kappa shape index (κ2) is 6.60. The number of hydrogen-bond donors (Lipinski definition) is 0. The van der Waals surface area contributed by atoms with Crippen LogP contribution in [-0.2, 0) is 16.3 Å². The molecule has 2 atom stereocenters. The lowest BCUT2D eigenvalue weighted by atomic mass is 10.1. The number of hydrogen-bond acceptors (Lipinski definition) is 6. The molecule has 7 nitrogen and oxygen atoms in total. The zero-order chi connectivity index (χ0) is 19.2. The summed E-state index contributed by atoms with van der Waals surface area (Å²) in [4.78, 5) is 25.4. The zero-order valence-corrected chi connectivity index (χ0v) is 16.2. The van der Waals surface area contributed by atoms with Crippen LogP contribution in [0.3, 0.4) is 0 Å². The molecule has 0 radical (unpaired) electrons. The maximum atomic E-state index is 13.1. The van der Waals surface area contributed by atoms with Crippen molar-refractivity contribution in [3.8, 4) is 0 Å². The van der Waals surface area contributed by atoms with Gasteiger partial charge in [0, 0.05) is 31.0 Å². The molecule has 0 saturated carbocycles. The number of sulfone groups is 1. The molecule has 0 bridgehead atoms. The molecule has 0 N–H and O–H groups in total. The van der Waals surface area contributed by atoms with Gasteiger partial charge < -0.3 is 9.80 Å². The van der Waals surface area contributed by atoms with Crippen LogP contribution in [0.5, 0.6) is 0 Å². The first-order valence-electron chi connectivity index (χ1n) is 9.03. The van der Waals surface area contributed by atoms with Crippen LogP contribution in [0.1, 0.15) is 29.4 Å². The second-order valence-corrected chi connectivity index (χ2v) is 9.50. The summed E-state index contributed by atoms with van der Waals surface area (Å²) in [6.07, 6.45) is 2.93. The molecule has 2 aliphatic rings. The van der Waals surface area contributed by atoms with Crippen molar-refractivity contribution in [3.63, 3.8) is 0 Å². The Balaban J connectivity index is 1.60. The van der Waals surface area contributed by atoms with Gasteiger partial charge in [-0.25, -0.2) is 18.4 Å². The highest BCUT2D eigenvalue weighted by Gasteiger charge is 2.34. The number of benzene rings is 1. The van der Waals surface area contributed by atoms with Crippen LogP contribution >= 0.6 is 0 Å². The van der Waals surface area contributed by atoms with E-state index in [0.29, 0.717) is 18.1 Å². The van der Waals surface area contributed by atoms with Crippen molar-refractivity contribution in [1.29, 1.82) is 0 Å². The lowest BCUT2D eigenvalue weighted by molar-refractivity contribution is 0.0976. The van der Waals surface area contributed by atoms with E-state index >= 15 is 0 Å². The molecule has 1 amide bonds. The molecule has 0 spiro atoms. The van der Waals surface area contributed by atoms with E-state index in [1.165, 1.54) is 0 Å². The lowest BCUT2D eigenvalue weighted by Gasteiger charge is -2.25. The average Bonchev–Trinajstić information content (AvgIpc) is 3.19. The molecule has 2 aromatic rings.